The second kappa shape index (κ2) is 8.34. The van der Waals surface area contributed by atoms with Crippen LogP contribution in [-0.2, 0) is 13.0 Å². The van der Waals surface area contributed by atoms with Crippen LogP contribution in [0.2, 0.25) is 0 Å². The van der Waals surface area contributed by atoms with Crippen molar-refractivity contribution in [3.8, 4) is 0 Å². The number of aliphatic hydroxyl groups is 1. The van der Waals surface area contributed by atoms with Gasteiger partial charge in [0.05, 0.1) is 6.10 Å². The average molecular weight is 353 g/mol. The van der Waals surface area contributed by atoms with Crippen LogP contribution < -0.4 is 10.6 Å². The number of nitrogens with one attached hydrogen (secondary N) is 2. The molecule has 5 heteroatoms. The van der Waals surface area contributed by atoms with Crippen LogP contribution in [0.15, 0.2) is 42.5 Å². The fourth-order valence-electron chi connectivity index (χ4n) is 3.40. The molecule has 3 rings (SSSR count). The molecule has 0 saturated carbocycles. The Morgan fingerprint density at radius 2 is 1.96 bits per heavy atom. The summed E-state index contributed by atoms with van der Waals surface area (Å²) in [6.07, 6.45) is 0.411. The quantitative estimate of drug-likeness (QED) is 0.774. The van der Waals surface area contributed by atoms with Crippen molar-refractivity contribution < 1.29 is 9.90 Å². The second-order valence-electron chi connectivity index (χ2n) is 7.06. The Bertz CT molecular complexity index is 776. The number of hydrogen-bond donors (Lipinski definition) is 3. The summed E-state index contributed by atoms with van der Waals surface area (Å²) < 4.78 is 0. The number of anilines is 1. The minimum absolute atomic E-state index is 0.231. The van der Waals surface area contributed by atoms with Crippen LogP contribution >= 0.6 is 0 Å². The third-order valence-corrected chi connectivity index (χ3v) is 4.81. The van der Waals surface area contributed by atoms with E-state index in [1.54, 1.807) is 0 Å². The molecular formula is C21H27N3O2. The van der Waals surface area contributed by atoms with Crippen molar-refractivity contribution in [1.82, 2.24) is 10.2 Å². The molecule has 0 radical (unpaired) electrons. The molecule has 138 valence electrons. The fraction of sp³-hybridized carbons (Fsp3) is 0.381. The van der Waals surface area contributed by atoms with Gasteiger partial charge in [-0.1, -0.05) is 42.0 Å². The van der Waals surface area contributed by atoms with E-state index in [1.807, 2.05) is 32.0 Å². The monoisotopic (exact) mass is 353 g/mol. The molecule has 26 heavy (non-hydrogen) atoms. The van der Waals surface area contributed by atoms with E-state index in [0.29, 0.717) is 6.54 Å². The Balaban J connectivity index is 1.44. The Kier molecular flexibility index (Phi) is 5.91. The molecule has 0 bridgehead atoms. The van der Waals surface area contributed by atoms with Gasteiger partial charge in [0.15, 0.2) is 0 Å². The minimum atomic E-state index is -0.592. The summed E-state index contributed by atoms with van der Waals surface area (Å²) in [6.45, 7) is 6.55. The molecule has 0 aliphatic carbocycles. The lowest BCUT2D eigenvalue weighted by molar-refractivity contribution is 0.106. The molecule has 1 aliphatic heterocycles. The SMILES string of the molecule is Cc1ccc(NC(=O)NC[C@@H](O)CN2CCc3ccccc3C2)c(C)c1. The Morgan fingerprint density at radius 1 is 1.19 bits per heavy atom. The van der Waals surface area contributed by atoms with Gasteiger partial charge in [0.2, 0.25) is 0 Å². The highest BCUT2D eigenvalue weighted by Crippen LogP contribution is 2.18. The largest absolute Gasteiger partial charge is 0.390 e. The number of carbonyl (C=O) groups excluding carboxylic acids is 1. The van der Waals surface area contributed by atoms with Crippen molar-refractivity contribution in [1.29, 1.82) is 0 Å². The number of nitrogens with zero attached hydrogens (tertiary/aromatic N) is 1. The van der Waals surface area contributed by atoms with Crippen LogP contribution in [0.3, 0.4) is 0 Å². The van der Waals surface area contributed by atoms with E-state index in [-0.39, 0.29) is 12.6 Å². The smallest absolute Gasteiger partial charge is 0.319 e. The maximum Gasteiger partial charge on any atom is 0.319 e. The van der Waals surface area contributed by atoms with Gasteiger partial charge in [0.1, 0.15) is 0 Å². The molecule has 2 aromatic rings. The number of amides is 2. The van der Waals surface area contributed by atoms with Crippen LogP contribution in [0.1, 0.15) is 22.3 Å². The average Bonchev–Trinajstić information content (AvgIpc) is 2.62. The van der Waals surface area contributed by atoms with Crippen molar-refractivity contribution in [2.75, 3.05) is 25.0 Å². The van der Waals surface area contributed by atoms with E-state index in [9.17, 15) is 9.90 Å². The summed E-state index contributed by atoms with van der Waals surface area (Å²) >= 11 is 0. The first-order valence-electron chi connectivity index (χ1n) is 9.10. The van der Waals surface area contributed by atoms with E-state index >= 15 is 0 Å². The number of urea groups is 1. The molecular weight excluding hydrogens is 326 g/mol. The van der Waals surface area contributed by atoms with E-state index in [1.165, 1.54) is 11.1 Å². The lowest BCUT2D eigenvalue weighted by Gasteiger charge is -2.30. The van der Waals surface area contributed by atoms with E-state index < -0.39 is 6.10 Å². The molecule has 0 spiro atoms. The first-order valence-corrected chi connectivity index (χ1v) is 9.10. The molecule has 1 aliphatic rings. The maximum atomic E-state index is 12.1. The molecule has 2 aromatic carbocycles. The van der Waals surface area contributed by atoms with Gasteiger partial charge in [-0.05, 0) is 43.0 Å². The highest BCUT2D eigenvalue weighted by atomic mass is 16.3. The number of carbonyl (C=O) groups is 1. The van der Waals surface area contributed by atoms with E-state index in [4.69, 9.17) is 0 Å². The number of fused-ring (bicyclic) bond motifs is 1. The van der Waals surface area contributed by atoms with Gasteiger partial charge in [-0.3, -0.25) is 4.90 Å². The lowest BCUT2D eigenvalue weighted by atomic mass is 10.00. The molecule has 0 unspecified atom stereocenters. The number of benzene rings is 2. The molecule has 2 amide bonds. The summed E-state index contributed by atoms with van der Waals surface area (Å²) in [5, 5.41) is 15.9. The number of aryl methyl sites for hydroxylation is 2. The summed E-state index contributed by atoms with van der Waals surface area (Å²) in [7, 11) is 0. The third-order valence-electron chi connectivity index (χ3n) is 4.81. The van der Waals surface area contributed by atoms with E-state index in [2.05, 4.69) is 39.8 Å². The van der Waals surface area contributed by atoms with Gasteiger partial charge < -0.3 is 15.7 Å². The Morgan fingerprint density at radius 3 is 2.73 bits per heavy atom. The van der Waals surface area contributed by atoms with Crippen molar-refractivity contribution in [3.63, 3.8) is 0 Å². The molecule has 3 N–H and O–H groups in total. The van der Waals surface area contributed by atoms with Crippen LogP contribution in [-0.4, -0.2) is 41.8 Å². The Hall–Kier alpha value is -2.37. The van der Waals surface area contributed by atoms with Gasteiger partial charge in [0.25, 0.3) is 0 Å². The standard InChI is InChI=1S/C21H27N3O2/c1-15-7-8-20(16(2)11-15)23-21(26)22-12-19(25)14-24-10-9-17-5-3-4-6-18(17)13-24/h3-8,11,19,25H,9-10,12-14H2,1-2H3,(H2,22,23,26)/t19-/m1/s1. The van der Waals surface area contributed by atoms with Gasteiger partial charge >= 0.3 is 6.03 Å². The van der Waals surface area contributed by atoms with Gasteiger partial charge in [-0.15, -0.1) is 0 Å². The topological polar surface area (TPSA) is 64.6 Å². The number of rotatable bonds is 5. The summed E-state index contributed by atoms with van der Waals surface area (Å²) in [5.74, 6) is 0. The lowest BCUT2D eigenvalue weighted by Crippen LogP contribution is -2.43. The summed E-state index contributed by atoms with van der Waals surface area (Å²) in [6, 6.07) is 14.0. The molecule has 0 aromatic heterocycles. The predicted molar refractivity (Wildman–Crippen MR) is 104 cm³/mol. The second-order valence-corrected chi connectivity index (χ2v) is 7.06. The third kappa shape index (κ3) is 4.84. The molecule has 0 saturated heterocycles. The van der Waals surface area contributed by atoms with Crippen molar-refractivity contribution in [3.05, 3.63) is 64.7 Å². The maximum absolute atomic E-state index is 12.1. The van der Waals surface area contributed by atoms with Crippen LogP contribution in [0.5, 0.6) is 0 Å². The zero-order valence-electron chi connectivity index (χ0n) is 15.5. The minimum Gasteiger partial charge on any atom is -0.390 e. The fourth-order valence-corrected chi connectivity index (χ4v) is 3.40. The van der Waals surface area contributed by atoms with Gasteiger partial charge in [-0.25, -0.2) is 4.79 Å². The Labute approximate surface area is 155 Å². The predicted octanol–water partition coefficient (Wildman–Crippen LogP) is 2.84. The van der Waals surface area contributed by atoms with Crippen molar-refractivity contribution in [2.45, 2.75) is 32.9 Å². The van der Waals surface area contributed by atoms with Gasteiger partial charge in [-0.2, -0.15) is 0 Å². The molecule has 1 atom stereocenters. The first kappa shape index (κ1) is 18.4. The highest BCUT2D eigenvalue weighted by Gasteiger charge is 2.18. The molecule has 1 heterocycles. The summed E-state index contributed by atoms with van der Waals surface area (Å²) in [4.78, 5) is 14.3. The van der Waals surface area contributed by atoms with Crippen molar-refractivity contribution in [2.24, 2.45) is 0 Å². The van der Waals surface area contributed by atoms with Gasteiger partial charge in [0, 0.05) is 31.9 Å². The number of hydrogen-bond acceptors (Lipinski definition) is 3. The molecule has 5 nitrogen and oxygen atoms in total. The van der Waals surface area contributed by atoms with E-state index in [0.717, 1.165) is 36.3 Å². The first-order chi connectivity index (χ1) is 12.5. The summed E-state index contributed by atoms with van der Waals surface area (Å²) in [5.41, 5.74) is 5.69. The van der Waals surface area contributed by atoms with Crippen LogP contribution in [0, 0.1) is 13.8 Å². The highest BCUT2D eigenvalue weighted by molar-refractivity contribution is 5.90. The van der Waals surface area contributed by atoms with Crippen LogP contribution in [0.25, 0.3) is 0 Å². The normalized spacial score (nSPS) is 15.2. The zero-order valence-corrected chi connectivity index (χ0v) is 15.5. The van der Waals surface area contributed by atoms with Crippen molar-refractivity contribution >= 4 is 11.7 Å². The number of β-amino-alcohol motifs (C(OH)–C–C–N with tert-alkyl or cyclic N) is 1. The molecule has 0 fully saturated rings. The van der Waals surface area contributed by atoms with Crippen LogP contribution in [0.4, 0.5) is 10.5 Å². The zero-order chi connectivity index (χ0) is 18.5. The number of aliphatic hydroxyl groups excluding tert-OH is 1.